The molecule has 222 valence electrons. The zero-order valence-corrected chi connectivity index (χ0v) is 26.0. The molecular weight excluding hydrogens is 567 g/mol. The van der Waals surface area contributed by atoms with Crippen molar-refractivity contribution in [2.24, 2.45) is 0 Å². The van der Waals surface area contributed by atoms with Crippen LogP contribution in [0.5, 0.6) is 11.5 Å². The maximum absolute atomic E-state index is 6.67. The van der Waals surface area contributed by atoms with Crippen molar-refractivity contribution < 1.29 is 18.6 Å². The van der Waals surface area contributed by atoms with Gasteiger partial charge in [-0.05, 0) is 84.6 Å². The van der Waals surface area contributed by atoms with Crippen molar-refractivity contribution in [2.75, 3.05) is 24.9 Å². The summed E-state index contributed by atoms with van der Waals surface area (Å²) in [6.45, 7) is 0. The summed E-state index contributed by atoms with van der Waals surface area (Å²) in [4.78, 5) is 0. The molecule has 0 spiro atoms. The van der Waals surface area contributed by atoms with Crippen LogP contribution >= 0.6 is 23.2 Å². The lowest BCUT2D eigenvalue weighted by molar-refractivity contribution is -0.703. The summed E-state index contributed by atoms with van der Waals surface area (Å²) in [7, 11) is 3.34. The number of anilines is 4. The fraction of sp³-hybridized carbons (Fsp3) is 0.353. The number of ether oxygens (including phenoxy) is 2. The number of unbranched alkanes of at least 4 members (excludes halogenated alkanes) is 5. The Morgan fingerprint density at radius 1 is 0.500 bits per heavy atom. The largest absolute Gasteiger partial charge is 0.497 e. The van der Waals surface area contributed by atoms with E-state index in [1.54, 1.807) is 14.2 Å². The number of hydrogen-bond donors (Lipinski definition) is 2. The minimum atomic E-state index is -0.0353. The van der Waals surface area contributed by atoms with Gasteiger partial charge in [-0.15, -0.1) is 0 Å². The molecule has 0 radical (unpaired) electrons. The van der Waals surface area contributed by atoms with Gasteiger partial charge in [0.1, 0.15) is 11.5 Å². The fourth-order valence-electron chi connectivity index (χ4n) is 4.73. The van der Waals surface area contributed by atoms with Crippen LogP contribution in [0.3, 0.4) is 0 Å². The Morgan fingerprint density at radius 2 is 0.810 bits per heavy atom. The third-order valence-electron chi connectivity index (χ3n) is 7.24. The van der Waals surface area contributed by atoms with Gasteiger partial charge in [0.15, 0.2) is 24.8 Å². The molecule has 0 saturated heterocycles. The molecule has 0 saturated carbocycles. The summed E-state index contributed by atoms with van der Waals surface area (Å²) in [6, 6.07) is 24.0. The molecule has 0 aliphatic rings. The first-order chi connectivity index (χ1) is 20.5. The molecule has 0 amide bonds. The van der Waals surface area contributed by atoms with Crippen molar-refractivity contribution in [2.45, 2.75) is 62.4 Å². The van der Waals surface area contributed by atoms with E-state index >= 15 is 0 Å². The van der Waals surface area contributed by atoms with E-state index in [0.29, 0.717) is 0 Å². The molecule has 2 heterocycles. The third kappa shape index (κ3) is 10.1. The maximum Gasteiger partial charge on any atom is 0.232 e. The van der Waals surface area contributed by atoms with Crippen LogP contribution < -0.4 is 29.2 Å². The van der Waals surface area contributed by atoms with Crippen LogP contribution in [0.1, 0.15) is 62.4 Å². The van der Waals surface area contributed by atoms with Crippen LogP contribution in [-0.4, -0.2) is 14.2 Å². The molecule has 6 nitrogen and oxygen atoms in total. The molecule has 42 heavy (non-hydrogen) atoms. The third-order valence-corrected chi connectivity index (χ3v) is 8.13. The van der Waals surface area contributed by atoms with Gasteiger partial charge in [-0.25, -0.2) is 0 Å². The van der Waals surface area contributed by atoms with E-state index in [-0.39, 0.29) is 11.0 Å². The number of aromatic nitrogens is 2. The van der Waals surface area contributed by atoms with Crippen LogP contribution in [0.4, 0.5) is 22.7 Å². The Hall–Kier alpha value is -3.48. The van der Waals surface area contributed by atoms with Gasteiger partial charge in [0, 0.05) is 48.5 Å². The minimum Gasteiger partial charge on any atom is -0.497 e. The van der Waals surface area contributed by atoms with Gasteiger partial charge in [-0.2, -0.15) is 9.13 Å². The number of hydrogen-bond acceptors (Lipinski definition) is 4. The standard InChI is InChI=1S/C34H40Cl2N4O2/c1-41-31-15-11-27(12-16-31)37-29-19-23-39(24-20-29)33(35)9-7-5-3-4-6-8-10-34(36)40-25-21-30(22-26-40)38-28-13-17-32(42-2)18-14-28/h11-26,33-34H,3-10H2,1-2H3/p+2. The molecule has 4 aromatic rings. The summed E-state index contributed by atoms with van der Waals surface area (Å²) in [5, 5.41) is 6.80. The number of benzene rings is 2. The Kier molecular flexibility index (Phi) is 12.6. The molecule has 2 unspecified atom stereocenters. The van der Waals surface area contributed by atoms with Crippen molar-refractivity contribution in [1.29, 1.82) is 0 Å². The van der Waals surface area contributed by atoms with Crippen molar-refractivity contribution in [3.63, 3.8) is 0 Å². The van der Waals surface area contributed by atoms with Crippen LogP contribution in [0.25, 0.3) is 0 Å². The Balaban J connectivity index is 1.06. The smallest absolute Gasteiger partial charge is 0.232 e. The van der Waals surface area contributed by atoms with E-state index < -0.39 is 0 Å². The van der Waals surface area contributed by atoms with Crippen LogP contribution in [0, 0.1) is 0 Å². The zero-order chi connectivity index (χ0) is 29.6. The van der Waals surface area contributed by atoms with Gasteiger partial charge < -0.3 is 20.1 Å². The second-order valence-electron chi connectivity index (χ2n) is 10.3. The lowest BCUT2D eigenvalue weighted by Crippen LogP contribution is -2.35. The van der Waals surface area contributed by atoms with E-state index in [0.717, 1.165) is 59.9 Å². The number of nitrogens with zero attached hydrogens (tertiary/aromatic N) is 2. The van der Waals surface area contributed by atoms with Gasteiger partial charge in [0.25, 0.3) is 0 Å². The highest BCUT2D eigenvalue weighted by Gasteiger charge is 2.15. The lowest BCUT2D eigenvalue weighted by Gasteiger charge is -2.09. The summed E-state index contributed by atoms with van der Waals surface area (Å²) in [6.07, 6.45) is 17.2. The molecule has 4 rings (SSSR count). The van der Waals surface area contributed by atoms with Crippen LogP contribution in [0.15, 0.2) is 97.6 Å². The van der Waals surface area contributed by atoms with E-state index in [2.05, 4.69) is 44.0 Å². The molecule has 2 aromatic carbocycles. The van der Waals surface area contributed by atoms with Crippen LogP contribution in [0.2, 0.25) is 0 Å². The Labute approximate surface area is 260 Å². The molecule has 0 bridgehead atoms. The molecule has 8 heteroatoms. The monoisotopic (exact) mass is 608 g/mol. The molecular formula is C34H42Cl2N4O2+2. The number of rotatable bonds is 17. The van der Waals surface area contributed by atoms with Gasteiger partial charge >= 0.3 is 0 Å². The fourth-order valence-corrected chi connectivity index (χ4v) is 5.30. The van der Waals surface area contributed by atoms with Gasteiger partial charge in [-0.1, -0.05) is 25.7 Å². The SMILES string of the molecule is COc1ccc(Nc2cc[n+](C(Cl)CCCCCCCCC(Cl)[n+]3ccc(Nc4ccc(OC)cc4)cc3)cc2)cc1. The molecule has 0 fully saturated rings. The second kappa shape index (κ2) is 16.8. The molecule has 2 atom stereocenters. The maximum atomic E-state index is 6.67. The minimum absolute atomic E-state index is 0.0353. The van der Waals surface area contributed by atoms with Gasteiger partial charge in [0.05, 0.1) is 25.6 Å². The summed E-state index contributed by atoms with van der Waals surface area (Å²) >= 11 is 13.3. The zero-order valence-electron chi connectivity index (χ0n) is 24.5. The number of pyridine rings is 2. The first kappa shape index (κ1) is 31.5. The van der Waals surface area contributed by atoms with Gasteiger partial charge in [0.2, 0.25) is 11.0 Å². The van der Waals surface area contributed by atoms with Crippen LogP contribution in [-0.2, 0) is 0 Å². The first-order valence-electron chi connectivity index (χ1n) is 14.7. The van der Waals surface area contributed by atoms with E-state index in [1.165, 1.54) is 25.7 Å². The molecule has 2 N–H and O–H groups in total. The van der Waals surface area contributed by atoms with Crippen molar-refractivity contribution in [1.82, 2.24) is 0 Å². The summed E-state index contributed by atoms with van der Waals surface area (Å²) in [5.41, 5.74) is 4.01. The average molecular weight is 610 g/mol. The Morgan fingerprint density at radius 3 is 1.14 bits per heavy atom. The lowest BCUT2D eigenvalue weighted by atomic mass is 10.1. The molecule has 0 aliphatic carbocycles. The van der Waals surface area contributed by atoms with Crippen molar-refractivity contribution >= 4 is 46.0 Å². The normalized spacial score (nSPS) is 12.4. The van der Waals surface area contributed by atoms with E-state index in [1.807, 2.05) is 73.3 Å². The topological polar surface area (TPSA) is 50.3 Å². The molecule has 0 aliphatic heterocycles. The number of halogens is 2. The van der Waals surface area contributed by atoms with E-state index in [9.17, 15) is 0 Å². The predicted octanol–water partition coefficient (Wildman–Crippen LogP) is 9.06. The highest BCUT2D eigenvalue weighted by molar-refractivity contribution is 6.18. The average Bonchev–Trinajstić information content (AvgIpc) is 3.03. The quantitative estimate of drug-likeness (QED) is 0.0713. The first-order valence-corrected chi connectivity index (χ1v) is 15.5. The highest BCUT2D eigenvalue weighted by atomic mass is 35.5. The number of nitrogens with one attached hydrogen (secondary N) is 2. The predicted molar refractivity (Wildman–Crippen MR) is 173 cm³/mol. The highest BCUT2D eigenvalue weighted by Crippen LogP contribution is 2.22. The Bertz CT molecular complexity index is 1210. The summed E-state index contributed by atoms with van der Waals surface area (Å²) < 4.78 is 14.6. The second-order valence-corrected chi connectivity index (χ2v) is 11.4. The van der Waals surface area contributed by atoms with Gasteiger partial charge in [-0.3, -0.25) is 0 Å². The summed E-state index contributed by atoms with van der Waals surface area (Å²) in [5.74, 6) is 1.69. The number of methoxy groups -OCH3 is 2. The van der Waals surface area contributed by atoms with Crippen molar-refractivity contribution in [3.8, 4) is 11.5 Å². The van der Waals surface area contributed by atoms with E-state index in [4.69, 9.17) is 32.7 Å². The van der Waals surface area contributed by atoms with Crippen molar-refractivity contribution in [3.05, 3.63) is 97.6 Å². The molecule has 2 aromatic heterocycles. The number of alkyl halides is 2.